The van der Waals surface area contributed by atoms with Crippen LogP contribution in [0.25, 0.3) is 0 Å². The topological polar surface area (TPSA) is 29.3 Å². The third kappa shape index (κ3) is 3.76. The number of benzene rings is 1. The Hall–Kier alpha value is -0.670. The molecule has 1 rings (SSSR count). The zero-order chi connectivity index (χ0) is 11.1. The second kappa shape index (κ2) is 6.75. The fourth-order valence-corrected chi connectivity index (χ4v) is 2.06. The predicted octanol–water partition coefficient (Wildman–Crippen LogP) is 1.99. The van der Waals surface area contributed by atoms with Crippen molar-refractivity contribution >= 4 is 17.4 Å². The monoisotopic (exact) mass is 224 g/mol. The van der Waals surface area contributed by atoms with Crippen LogP contribution in [-0.4, -0.2) is 32.1 Å². The van der Waals surface area contributed by atoms with Crippen molar-refractivity contribution in [2.45, 2.75) is 6.42 Å². The highest BCUT2D eigenvalue weighted by Crippen LogP contribution is 2.19. The Kier molecular flexibility index (Phi) is 5.58. The molecule has 0 radical (unpaired) electrons. The number of anilines is 1. The van der Waals surface area contributed by atoms with Gasteiger partial charge in [-0.3, -0.25) is 0 Å². The fourth-order valence-electron chi connectivity index (χ4n) is 1.60. The van der Waals surface area contributed by atoms with E-state index in [4.69, 9.17) is 5.73 Å². The van der Waals surface area contributed by atoms with Gasteiger partial charge in [-0.15, -0.1) is 0 Å². The Morgan fingerprint density at radius 2 is 2.07 bits per heavy atom. The van der Waals surface area contributed by atoms with Crippen molar-refractivity contribution < 1.29 is 0 Å². The Bertz CT molecular complexity index is 289. The van der Waals surface area contributed by atoms with Gasteiger partial charge in [-0.05, 0) is 30.9 Å². The standard InChI is InChI=1S/C12H20N2S/c1-14(9-10-15-2)12-6-4-3-5-11(12)7-8-13/h3-6H,7-10,13H2,1-2H3. The van der Waals surface area contributed by atoms with Crippen molar-refractivity contribution in [3.8, 4) is 0 Å². The molecule has 84 valence electrons. The summed E-state index contributed by atoms with van der Waals surface area (Å²) < 4.78 is 0. The lowest BCUT2D eigenvalue weighted by Gasteiger charge is -2.21. The van der Waals surface area contributed by atoms with E-state index in [-0.39, 0.29) is 0 Å². The second-order valence-corrected chi connectivity index (χ2v) is 4.57. The second-order valence-electron chi connectivity index (χ2n) is 3.58. The van der Waals surface area contributed by atoms with E-state index in [1.54, 1.807) is 0 Å². The molecule has 1 aromatic rings. The highest BCUT2D eigenvalue weighted by Gasteiger charge is 2.05. The molecule has 2 N–H and O–H groups in total. The molecule has 0 spiro atoms. The molecule has 0 aliphatic heterocycles. The number of nitrogens with two attached hydrogens (primary N) is 1. The van der Waals surface area contributed by atoms with Crippen LogP contribution in [-0.2, 0) is 6.42 Å². The molecule has 0 aliphatic carbocycles. The summed E-state index contributed by atoms with van der Waals surface area (Å²) in [6.07, 6.45) is 3.10. The predicted molar refractivity (Wildman–Crippen MR) is 70.9 cm³/mol. The van der Waals surface area contributed by atoms with Gasteiger partial charge in [0.05, 0.1) is 0 Å². The number of para-hydroxylation sites is 1. The van der Waals surface area contributed by atoms with Crippen LogP contribution >= 0.6 is 11.8 Å². The van der Waals surface area contributed by atoms with Crippen molar-refractivity contribution in [3.63, 3.8) is 0 Å². The van der Waals surface area contributed by atoms with E-state index >= 15 is 0 Å². The van der Waals surface area contributed by atoms with E-state index in [0.29, 0.717) is 6.54 Å². The first-order valence-electron chi connectivity index (χ1n) is 5.27. The van der Waals surface area contributed by atoms with Gasteiger partial charge in [-0.25, -0.2) is 0 Å². The zero-order valence-corrected chi connectivity index (χ0v) is 10.4. The van der Waals surface area contributed by atoms with Crippen molar-refractivity contribution in [2.24, 2.45) is 5.73 Å². The van der Waals surface area contributed by atoms with Gasteiger partial charge in [-0.2, -0.15) is 11.8 Å². The van der Waals surface area contributed by atoms with E-state index in [1.807, 2.05) is 11.8 Å². The molecule has 3 heteroatoms. The van der Waals surface area contributed by atoms with Crippen LogP contribution in [0.2, 0.25) is 0 Å². The largest absolute Gasteiger partial charge is 0.374 e. The quantitative estimate of drug-likeness (QED) is 0.801. The fraction of sp³-hybridized carbons (Fsp3) is 0.500. The van der Waals surface area contributed by atoms with Crippen LogP contribution in [0, 0.1) is 0 Å². The number of hydrogen-bond acceptors (Lipinski definition) is 3. The van der Waals surface area contributed by atoms with Crippen LogP contribution in [0.4, 0.5) is 5.69 Å². The highest BCUT2D eigenvalue weighted by molar-refractivity contribution is 7.98. The lowest BCUT2D eigenvalue weighted by atomic mass is 10.1. The van der Waals surface area contributed by atoms with Crippen LogP contribution in [0.5, 0.6) is 0 Å². The van der Waals surface area contributed by atoms with E-state index < -0.39 is 0 Å². The first kappa shape index (κ1) is 12.4. The number of hydrogen-bond donors (Lipinski definition) is 1. The van der Waals surface area contributed by atoms with Crippen molar-refractivity contribution in [3.05, 3.63) is 29.8 Å². The summed E-state index contributed by atoms with van der Waals surface area (Å²) in [6.45, 7) is 1.80. The van der Waals surface area contributed by atoms with Crippen LogP contribution < -0.4 is 10.6 Å². The van der Waals surface area contributed by atoms with E-state index in [1.165, 1.54) is 11.3 Å². The smallest absolute Gasteiger partial charge is 0.0396 e. The molecular formula is C12H20N2S. The molecule has 15 heavy (non-hydrogen) atoms. The van der Waals surface area contributed by atoms with Crippen molar-refractivity contribution in [2.75, 3.05) is 37.0 Å². The third-order valence-corrected chi connectivity index (χ3v) is 3.04. The van der Waals surface area contributed by atoms with Gasteiger partial charge >= 0.3 is 0 Å². The lowest BCUT2D eigenvalue weighted by Crippen LogP contribution is -2.22. The van der Waals surface area contributed by atoms with Gasteiger partial charge < -0.3 is 10.6 Å². The van der Waals surface area contributed by atoms with Gasteiger partial charge in [-0.1, -0.05) is 18.2 Å². The Morgan fingerprint density at radius 1 is 1.33 bits per heavy atom. The minimum Gasteiger partial charge on any atom is -0.374 e. The average Bonchev–Trinajstić information content (AvgIpc) is 2.27. The van der Waals surface area contributed by atoms with Gasteiger partial charge in [0.2, 0.25) is 0 Å². The normalized spacial score (nSPS) is 10.3. The molecule has 1 aromatic carbocycles. The van der Waals surface area contributed by atoms with Crippen LogP contribution in [0.1, 0.15) is 5.56 Å². The maximum atomic E-state index is 5.61. The molecule has 0 amide bonds. The van der Waals surface area contributed by atoms with Crippen LogP contribution in [0.15, 0.2) is 24.3 Å². The number of nitrogens with zero attached hydrogens (tertiary/aromatic N) is 1. The van der Waals surface area contributed by atoms with Crippen molar-refractivity contribution in [1.82, 2.24) is 0 Å². The molecule has 0 saturated carbocycles. The third-order valence-electron chi connectivity index (χ3n) is 2.45. The Morgan fingerprint density at radius 3 is 2.73 bits per heavy atom. The maximum absolute atomic E-state index is 5.61. The first-order chi connectivity index (χ1) is 7.29. The van der Waals surface area contributed by atoms with Gasteiger partial charge in [0, 0.05) is 25.0 Å². The summed E-state index contributed by atoms with van der Waals surface area (Å²) >= 11 is 1.88. The van der Waals surface area contributed by atoms with E-state index in [0.717, 1.165) is 18.7 Å². The van der Waals surface area contributed by atoms with Crippen molar-refractivity contribution in [1.29, 1.82) is 0 Å². The van der Waals surface area contributed by atoms with E-state index in [9.17, 15) is 0 Å². The summed E-state index contributed by atoms with van der Waals surface area (Å²) in [5.41, 5.74) is 8.27. The summed E-state index contributed by atoms with van der Waals surface area (Å²) in [7, 11) is 2.14. The zero-order valence-electron chi connectivity index (χ0n) is 9.57. The molecule has 0 bridgehead atoms. The van der Waals surface area contributed by atoms with E-state index in [2.05, 4.69) is 42.5 Å². The lowest BCUT2D eigenvalue weighted by molar-refractivity contribution is 0.924. The number of rotatable bonds is 6. The maximum Gasteiger partial charge on any atom is 0.0396 e. The highest BCUT2D eigenvalue weighted by atomic mass is 32.2. The molecule has 0 heterocycles. The summed E-state index contributed by atoms with van der Waals surface area (Å²) in [5, 5.41) is 0. The Balaban J connectivity index is 2.72. The Labute approximate surface area is 96.8 Å². The molecule has 0 fully saturated rings. The molecule has 0 atom stereocenters. The van der Waals surface area contributed by atoms with Crippen LogP contribution in [0.3, 0.4) is 0 Å². The van der Waals surface area contributed by atoms with Gasteiger partial charge in [0.1, 0.15) is 0 Å². The summed E-state index contributed by atoms with van der Waals surface area (Å²) in [5.74, 6) is 1.16. The average molecular weight is 224 g/mol. The molecule has 0 saturated heterocycles. The molecule has 0 aromatic heterocycles. The minimum absolute atomic E-state index is 0.716. The number of thioether (sulfide) groups is 1. The molecule has 0 aliphatic rings. The first-order valence-corrected chi connectivity index (χ1v) is 6.67. The summed E-state index contributed by atoms with van der Waals surface area (Å²) in [6, 6.07) is 8.50. The molecular weight excluding hydrogens is 204 g/mol. The minimum atomic E-state index is 0.716. The summed E-state index contributed by atoms with van der Waals surface area (Å²) in [4.78, 5) is 2.31. The van der Waals surface area contributed by atoms with Gasteiger partial charge in [0.25, 0.3) is 0 Å². The SMILES string of the molecule is CSCCN(C)c1ccccc1CCN. The molecule has 2 nitrogen and oxygen atoms in total. The van der Waals surface area contributed by atoms with Gasteiger partial charge in [0.15, 0.2) is 0 Å². The molecule has 0 unspecified atom stereocenters.